The van der Waals surface area contributed by atoms with Crippen molar-refractivity contribution in [3.63, 3.8) is 0 Å². The van der Waals surface area contributed by atoms with E-state index >= 15 is 0 Å². The van der Waals surface area contributed by atoms with Crippen molar-refractivity contribution in [2.75, 3.05) is 46.9 Å². The van der Waals surface area contributed by atoms with Crippen LogP contribution in [0, 0.1) is 0 Å². The van der Waals surface area contributed by atoms with Crippen LogP contribution in [0.3, 0.4) is 0 Å². The summed E-state index contributed by atoms with van der Waals surface area (Å²) in [6, 6.07) is 7.78. The van der Waals surface area contributed by atoms with Gasteiger partial charge in [0.25, 0.3) is 0 Å². The minimum Gasteiger partial charge on any atom is -0.465 e. The predicted octanol–water partition coefficient (Wildman–Crippen LogP) is 0.720. The van der Waals surface area contributed by atoms with E-state index in [1.54, 1.807) is 12.1 Å². The zero-order valence-electron chi connectivity index (χ0n) is 12.2. The van der Waals surface area contributed by atoms with Crippen molar-refractivity contribution < 1.29 is 9.53 Å². The molecule has 5 heteroatoms. The van der Waals surface area contributed by atoms with Crippen molar-refractivity contribution in [1.29, 1.82) is 0 Å². The third-order valence-electron chi connectivity index (χ3n) is 3.92. The minimum atomic E-state index is -0.305. The van der Waals surface area contributed by atoms with E-state index in [1.807, 2.05) is 12.1 Å². The quantitative estimate of drug-likeness (QED) is 0.822. The van der Waals surface area contributed by atoms with Gasteiger partial charge in [-0.2, -0.15) is 0 Å². The highest BCUT2D eigenvalue weighted by Gasteiger charge is 2.22. The normalized spacial score (nSPS) is 18.8. The van der Waals surface area contributed by atoms with Crippen LogP contribution in [-0.4, -0.2) is 62.7 Å². The monoisotopic (exact) mass is 277 g/mol. The zero-order chi connectivity index (χ0) is 14.5. The molecule has 0 saturated carbocycles. The summed E-state index contributed by atoms with van der Waals surface area (Å²) < 4.78 is 4.71. The van der Waals surface area contributed by atoms with Crippen molar-refractivity contribution in [2.45, 2.75) is 6.04 Å². The Kier molecular flexibility index (Phi) is 5.11. The summed E-state index contributed by atoms with van der Waals surface area (Å²) in [7, 11) is 3.53. The molecule has 0 aromatic heterocycles. The molecule has 1 aliphatic heterocycles. The molecule has 0 amide bonds. The Labute approximate surface area is 120 Å². The lowest BCUT2D eigenvalue weighted by Crippen LogP contribution is -2.47. The molecule has 1 fully saturated rings. The minimum absolute atomic E-state index is 0.218. The number of esters is 1. The molecule has 2 N–H and O–H groups in total. The summed E-state index contributed by atoms with van der Waals surface area (Å²) >= 11 is 0. The molecule has 0 aliphatic carbocycles. The number of likely N-dealkylation sites (N-methyl/N-ethyl adjacent to an activating group) is 1. The number of benzene rings is 1. The number of nitrogens with two attached hydrogens (primary N) is 1. The van der Waals surface area contributed by atoms with Gasteiger partial charge in [-0.3, -0.25) is 4.90 Å². The van der Waals surface area contributed by atoms with Gasteiger partial charge >= 0.3 is 5.97 Å². The lowest BCUT2D eigenvalue weighted by Gasteiger charge is -2.37. The maximum atomic E-state index is 11.4. The van der Waals surface area contributed by atoms with Gasteiger partial charge in [-0.15, -0.1) is 0 Å². The highest BCUT2D eigenvalue weighted by Crippen LogP contribution is 2.21. The molecule has 1 aliphatic rings. The largest absolute Gasteiger partial charge is 0.465 e. The average molecular weight is 277 g/mol. The molecule has 0 spiro atoms. The van der Waals surface area contributed by atoms with Crippen LogP contribution in [0.15, 0.2) is 24.3 Å². The maximum absolute atomic E-state index is 11.4. The van der Waals surface area contributed by atoms with E-state index in [-0.39, 0.29) is 12.0 Å². The number of carbonyl (C=O) groups is 1. The Morgan fingerprint density at radius 2 is 1.85 bits per heavy atom. The highest BCUT2D eigenvalue weighted by atomic mass is 16.5. The topological polar surface area (TPSA) is 58.8 Å². The van der Waals surface area contributed by atoms with Crippen molar-refractivity contribution in [3.8, 4) is 0 Å². The molecule has 0 bridgehead atoms. The van der Waals surface area contributed by atoms with Crippen molar-refractivity contribution in [1.82, 2.24) is 9.80 Å². The number of hydrogen-bond acceptors (Lipinski definition) is 5. The van der Waals surface area contributed by atoms with Crippen LogP contribution in [0.1, 0.15) is 22.0 Å². The van der Waals surface area contributed by atoms with Gasteiger partial charge < -0.3 is 15.4 Å². The second-order valence-corrected chi connectivity index (χ2v) is 5.20. The fourth-order valence-electron chi connectivity index (χ4n) is 2.59. The number of piperazine rings is 1. The smallest absolute Gasteiger partial charge is 0.337 e. The van der Waals surface area contributed by atoms with E-state index in [4.69, 9.17) is 10.5 Å². The highest BCUT2D eigenvalue weighted by molar-refractivity contribution is 5.89. The van der Waals surface area contributed by atoms with Gasteiger partial charge in [0.2, 0.25) is 0 Å². The van der Waals surface area contributed by atoms with Gasteiger partial charge in [0.1, 0.15) is 0 Å². The fourth-order valence-corrected chi connectivity index (χ4v) is 2.59. The van der Waals surface area contributed by atoms with Crippen molar-refractivity contribution >= 4 is 5.97 Å². The second-order valence-electron chi connectivity index (χ2n) is 5.20. The molecular formula is C15H23N3O2. The molecule has 110 valence electrons. The Morgan fingerprint density at radius 3 is 2.35 bits per heavy atom. The van der Waals surface area contributed by atoms with Gasteiger partial charge in [0, 0.05) is 38.8 Å². The molecule has 1 atom stereocenters. The molecule has 1 aromatic carbocycles. The first-order chi connectivity index (χ1) is 9.65. The van der Waals surface area contributed by atoms with E-state index in [0.29, 0.717) is 12.1 Å². The first kappa shape index (κ1) is 15.0. The van der Waals surface area contributed by atoms with Crippen LogP contribution >= 0.6 is 0 Å². The Hall–Kier alpha value is -1.43. The summed E-state index contributed by atoms with van der Waals surface area (Å²) in [6.45, 7) is 4.77. The van der Waals surface area contributed by atoms with Crippen LogP contribution in [-0.2, 0) is 4.74 Å². The first-order valence-corrected chi connectivity index (χ1v) is 6.96. The molecule has 1 heterocycles. The third kappa shape index (κ3) is 3.36. The van der Waals surface area contributed by atoms with E-state index < -0.39 is 0 Å². The van der Waals surface area contributed by atoms with E-state index in [1.165, 1.54) is 7.11 Å². The van der Waals surface area contributed by atoms with Gasteiger partial charge in [-0.1, -0.05) is 12.1 Å². The SMILES string of the molecule is COC(=O)c1ccc(C(CN)N2CCN(C)CC2)cc1. The molecule has 5 nitrogen and oxygen atoms in total. The summed E-state index contributed by atoms with van der Waals surface area (Å²) in [5, 5.41) is 0. The molecular weight excluding hydrogens is 254 g/mol. The number of rotatable bonds is 4. The number of nitrogens with zero attached hydrogens (tertiary/aromatic N) is 2. The first-order valence-electron chi connectivity index (χ1n) is 6.96. The third-order valence-corrected chi connectivity index (χ3v) is 3.92. The standard InChI is InChI=1S/C15H23N3O2/c1-17-7-9-18(10-8-17)14(11-16)12-3-5-13(6-4-12)15(19)20-2/h3-6,14H,7-11,16H2,1-2H3. The van der Waals surface area contributed by atoms with Crippen LogP contribution in [0.4, 0.5) is 0 Å². The fraction of sp³-hybridized carbons (Fsp3) is 0.533. The average Bonchev–Trinajstić information content (AvgIpc) is 2.50. The van der Waals surface area contributed by atoms with Crippen LogP contribution in [0.2, 0.25) is 0 Å². The van der Waals surface area contributed by atoms with Crippen LogP contribution < -0.4 is 5.73 Å². The van der Waals surface area contributed by atoms with E-state index in [9.17, 15) is 4.79 Å². The van der Waals surface area contributed by atoms with E-state index in [2.05, 4.69) is 16.8 Å². The molecule has 0 radical (unpaired) electrons. The summed E-state index contributed by atoms with van der Waals surface area (Å²) in [4.78, 5) is 16.2. The van der Waals surface area contributed by atoms with E-state index in [0.717, 1.165) is 31.7 Å². The zero-order valence-corrected chi connectivity index (χ0v) is 12.2. The number of carbonyl (C=O) groups excluding carboxylic acids is 1. The second kappa shape index (κ2) is 6.83. The number of hydrogen-bond donors (Lipinski definition) is 1. The molecule has 1 saturated heterocycles. The molecule has 2 rings (SSSR count). The summed E-state index contributed by atoms with van der Waals surface area (Å²) in [6.07, 6.45) is 0. The maximum Gasteiger partial charge on any atom is 0.337 e. The lowest BCUT2D eigenvalue weighted by atomic mass is 10.0. The van der Waals surface area contributed by atoms with Crippen LogP contribution in [0.5, 0.6) is 0 Å². The molecule has 1 aromatic rings. The van der Waals surface area contributed by atoms with Gasteiger partial charge in [-0.05, 0) is 24.7 Å². The van der Waals surface area contributed by atoms with Crippen LogP contribution in [0.25, 0.3) is 0 Å². The van der Waals surface area contributed by atoms with Crippen molar-refractivity contribution in [3.05, 3.63) is 35.4 Å². The number of ether oxygens (including phenoxy) is 1. The molecule has 20 heavy (non-hydrogen) atoms. The Balaban J connectivity index is 2.09. The Bertz CT molecular complexity index is 439. The lowest BCUT2D eigenvalue weighted by molar-refractivity contribution is 0.0600. The summed E-state index contributed by atoms with van der Waals surface area (Å²) in [5.41, 5.74) is 7.68. The predicted molar refractivity (Wildman–Crippen MR) is 78.6 cm³/mol. The molecule has 1 unspecified atom stereocenters. The summed E-state index contributed by atoms with van der Waals surface area (Å²) in [5.74, 6) is -0.305. The Morgan fingerprint density at radius 1 is 1.25 bits per heavy atom. The van der Waals surface area contributed by atoms with Gasteiger partial charge in [0.15, 0.2) is 0 Å². The number of methoxy groups -OCH3 is 1. The van der Waals surface area contributed by atoms with Gasteiger partial charge in [-0.25, -0.2) is 4.79 Å². The van der Waals surface area contributed by atoms with Crippen molar-refractivity contribution in [2.24, 2.45) is 5.73 Å². The van der Waals surface area contributed by atoms with Gasteiger partial charge in [0.05, 0.1) is 12.7 Å².